The second-order valence-corrected chi connectivity index (χ2v) is 6.32. The molecule has 0 aliphatic heterocycles. The van der Waals surface area contributed by atoms with Crippen molar-refractivity contribution in [2.45, 2.75) is 11.7 Å². The maximum Gasteiger partial charge on any atom is 0.289 e. The minimum atomic E-state index is -4.12. The van der Waals surface area contributed by atoms with Crippen molar-refractivity contribution in [3.63, 3.8) is 0 Å². The van der Waals surface area contributed by atoms with E-state index in [1.807, 2.05) is 6.07 Å². The fourth-order valence-corrected chi connectivity index (χ4v) is 3.33. The van der Waals surface area contributed by atoms with E-state index in [9.17, 15) is 18.5 Å². The van der Waals surface area contributed by atoms with E-state index in [0.29, 0.717) is 5.56 Å². The van der Waals surface area contributed by atoms with E-state index in [-0.39, 0.29) is 6.42 Å². The van der Waals surface area contributed by atoms with E-state index >= 15 is 0 Å². The largest absolute Gasteiger partial charge is 0.289 e. The summed E-state index contributed by atoms with van der Waals surface area (Å²) in [4.78, 5) is 12.0. The fourth-order valence-electron chi connectivity index (χ4n) is 2.07. The maximum atomic E-state index is 12.2. The standard InChI is InChI=1S/C14H14N2O4S/c17-16(18)15-21(19,20)14(13-9-5-2-6-10-13)11-12-7-3-1-4-8-12/h1-10,14-15H,11H2. The molecule has 7 heteroatoms. The van der Waals surface area contributed by atoms with Crippen LogP contribution >= 0.6 is 0 Å². The van der Waals surface area contributed by atoms with Crippen LogP contribution in [0.4, 0.5) is 0 Å². The first-order valence-corrected chi connectivity index (χ1v) is 7.78. The predicted molar refractivity (Wildman–Crippen MR) is 78.4 cm³/mol. The number of nitrogens with one attached hydrogen (secondary N) is 1. The molecule has 0 spiro atoms. The van der Waals surface area contributed by atoms with Crippen LogP contribution in [0.5, 0.6) is 0 Å². The first-order valence-electron chi connectivity index (χ1n) is 6.23. The Morgan fingerprint density at radius 2 is 1.52 bits per heavy atom. The number of nitro groups is 1. The van der Waals surface area contributed by atoms with Gasteiger partial charge >= 0.3 is 0 Å². The molecule has 0 saturated heterocycles. The molecule has 1 atom stereocenters. The number of nitrogens with zero attached hydrogens (tertiary/aromatic N) is 1. The lowest BCUT2D eigenvalue weighted by atomic mass is 10.0. The second kappa shape index (κ2) is 6.36. The molecule has 0 aliphatic rings. The minimum absolute atomic E-state index is 0.161. The summed E-state index contributed by atoms with van der Waals surface area (Å²) in [5.41, 5.74) is 1.30. The van der Waals surface area contributed by atoms with Gasteiger partial charge in [0.1, 0.15) is 5.25 Å². The van der Waals surface area contributed by atoms with Gasteiger partial charge < -0.3 is 0 Å². The highest BCUT2D eigenvalue weighted by Gasteiger charge is 2.31. The normalized spacial score (nSPS) is 12.6. The highest BCUT2D eigenvalue weighted by atomic mass is 32.2. The minimum Gasteiger partial charge on any atom is -0.234 e. The SMILES string of the molecule is O=[N+]([O-])NS(=O)(=O)C(Cc1ccccc1)c1ccccc1. The lowest BCUT2D eigenvalue weighted by molar-refractivity contribution is -0.518. The van der Waals surface area contributed by atoms with Crippen molar-refractivity contribution in [2.24, 2.45) is 0 Å². The van der Waals surface area contributed by atoms with Crippen LogP contribution in [-0.4, -0.2) is 13.5 Å². The Hall–Kier alpha value is -2.41. The Labute approximate surface area is 122 Å². The van der Waals surface area contributed by atoms with Crippen molar-refractivity contribution in [1.29, 1.82) is 0 Å². The van der Waals surface area contributed by atoms with Gasteiger partial charge in [-0.1, -0.05) is 60.7 Å². The topological polar surface area (TPSA) is 89.3 Å². The van der Waals surface area contributed by atoms with Crippen LogP contribution in [0.15, 0.2) is 60.7 Å². The Morgan fingerprint density at radius 3 is 2.05 bits per heavy atom. The summed E-state index contributed by atoms with van der Waals surface area (Å²) in [5, 5.41) is 8.45. The van der Waals surface area contributed by atoms with Crippen LogP contribution in [-0.2, 0) is 16.4 Å². The smallest absolute Gasteiger partial charge is 0.234 e. The Kier molecular flexibility index (Phi) is 4.54. The van der Waals surface area contributed by atoms with E-state index in [1.54, 1.807) is 54.6 Å². The van der Waals surface area contributed by atoms with Crippen LogP contribution < -0.4 is 4.83 Å². The van der Waals surface area contributed by atoms with Gasteiger partial charge in [0.05, 0.1) is 0 Å². The predicted octanol–water partition coefficient (Wildman–Crippen LogP) is 2.08. The fraction of sp³-hybridized carbons (Fsp3) is 0.143. The van der Waals surface area contributed by atoms with E-state index < -0.39 is 20.3 Å². The molecule has 0 saturated carbocycles. The number of hydrogen-bond acceptors (Lipinski definition) is 4. The molecule has 0 heterocycles. The molecular formula is C14H14N2O4S. The maximum absolute atomic E-state index is 12.2. The van der Waals surface area contributed by atoms with Crippen molar-refractivity contribution in [3.05, 3.63) is 81.9 Å². The summed E-state index contributed by atoms with van der Waals surface area (Å²) >= 11 is 0. The Morgan fingerprint density at radius 1 is 1.00 bits per heavy atom. The van der Waals surface area contributed by atoms with Crippen LogP contribution in [0.25, 0.3) is 0 Å². The molecule has 21 heavy (non-hydrogen) atoms. The van der Waals surface area contributed by atoms with Crippen LogP contribution in [0.2, 0.25) is 0 Å². The van der Waals surface area contributed by atoms with Gasteiger partial charge in [0.2, 0.25) is 0 Å². The average molecular weight is 306 g/mol. The molecule has 0 fully saturated rings. The third-order valence-electron chi connectivity index (χ3n) is 3.01. The monoisotopic (exact) mass is 306 g/mol. The summed E-state index contributed by atoms with van der Waals surface area (Å²) in [6.07, 6.45) is 0.161. The number of rotatable bonds is 6. The van der Waals surface area contributed by atoms with Gasteiger partial charge in [-0.15, -0.1) is 0 Å². The molecule has 0 aliphatic carbocycles. The quantitative estimate of drug-likeness (QED) is 0.653. The molecule has 2 aromatic carbocycles. The van der Waals surface area contributed by atoms with Gasteiger partial charge in [-0.25, -0.2) is 18.5 Å². The highest BCUT2D eigenvalue weighted by molar-refractivity contribution is 7.89. The lowest BCUT2D eigenvalue weighted by Crippen LogP contribution is -2.34. The van der Waals surface area contributed by atoms with Gasteiger partial charge in [0, 0.05) is 0 Å². The summed E-state index contributed by atoms with van der Waals surface area (Å²) in [6, 6.07) is 17.5. The molecule has 0 bridgehead atoms. The van der Waals surface area contributed by atoms with Crippen molar-refractivity contribution < 1.29 is 13.5 Å². The zero-order valence-corrected chi connectivity index (χ0v) is 11.9. The molecule has 2 aromatic rings. The van der Waals surface area contributed by atoms with Crippen LogP contribution in [0.1, 0.15) is 16.4 Å². The molecule has 1 unspecified atom stereocenters. The molecule has 110 valence electrons. The zero-order chi connectivity index (χ0) is 15.3. The summed E-state index contributed by atoms with van der Waals surface area (Å²) in [5.74, 6) is 0. The van der Waals surface area contributed by atoms with Gasteiger partial charge in [0.25, 0.3) is 10.0 Å². The molecule has 0 radical (unpaired) electrons. The van der Waals surface area contributed by atoms with Crippen molar-refractivity contribution in [2.75, 3.05) is 0 Å². The van der Waals surface area contributed by atoms with Gasteiger partial charge in [-0.05, 0) is 22.4 Å². The molecule has 0 amide bonds. The Balaban J connectivity index is 2.38. The number of hydrogen-bond donors (Lipinski definition) is 1. The number of sulfonamides is 1. The third-order valence-corrected chi connectivity index (χ3v) is 4.60. The average Bonchev–Trinajstić information content (AvgIpc) is 2.45. The molecule has 1 N–H and O–H groups in total. The zero-order valence-electron chi connectivity index (χ0n) is 11.0. The summed E-state index contributed by atoms with van der Waals surface area (Å²) in [6.45, 7) is 0. The molecule has 0 aromatic heterocycles. The lowest BCUT2D eigenvalue weighted by Gasteiger charge is -2.16. The number of benzene rings is 2. The van der Waals surface area contributed by atoms with E-state index in [1.165, 1.54) is 4.83 Å². The highest BCUT2D eigenvalue weighted by Crippen LogP contribution is 2.25. The van der Waals surface area contributed by atoms with E-state index in [4.69, 9.17) is 0 Å². The van der Waals surface area contributed by atoms with Gasteiger partial charge in [-0.3, -0.25) is 0 Å². The van der Waals surface area contributed by atoms with Crippen LogP contribution in [0.3, 0.4) is 0 Å². The van der Waals surface area contributed by atoms with Crippen molar-refractivity contribution >= 4 is 10.0 Å². The summed E-state index contributed by atoms with van der Waals surface area (Å²) < 4.78 is 24.4. The van der Waals surface area contributed by atoms with Gasteiger partial charge in [0.15, 0.2) is 5.03 Å². The van der Waals surface area contributed by atoms with Gasteiger partial charge in [-0.2, -0.15) is 0 Å². The van der Waals surface area contributed by atoms with Crippen molar-refractivity contribution in [1.82, 2.24) is 4.83 Å². The second-order valence-electron chi connectivity index (χ2n) is 4.48. The Bertz CT molecular complexity index is 702. The van der Waals surface area contributed by atoms with Crippen LogP contribution in [0, 0.1) is 10.1 Å². The van der Waals surface area contributed by atoms with E-state index in [2.05, 4.69) is 0 Å². The summed E-state index contributed by atoms with van der Waals surface area (Å²) in [7, 11) is -4.12. The first-order chi connectivity index (χ1) is 9.99. The first kappa shape index (κ1) is 15.0. The number of hydrazine groups is 1. The third kappa shape index (κ3) is 4.03. The van der Waals surface area contributed by atoms with Crippen molar-refractivity contribution in [3.8, 4) is 0 Å². The van der Waals surface area contributed by atoms with E-state index in [0.717, 1.165) is 5.56 Å². The molecule has 2 rings (SSSR count). The molecular weight excluding hydrogens is 292 g/mol. The molecule has 6 nitrogen and oxygen atoms in total.